The number of esters is 1. The average Bonchev–Trinajstić information content (AvgIpc) is 3.45. The van der Waals surface area contributed by atoms with Crippen LogP contribution in [0.3, 0.4) is 0 Å². The van der Waals surface area contributed by atoms with Crippen LogP contribution in [0.5, 0.6) is 11.5 Å². The first kappa shape index (κ1) is 19.0. The molecule has 2 aromatic rings. The standard InChI is InChI=1S/C22H24O5/c1-14(2)27-20-9-15(12-23)8-17(10-20)16-4-6-19(7-5-16)26-13-18-11-21(18)22(24)25-3/h4-10,12,14,18,21H,11,13H2,1-3H3/t18-,21+/m0/s1. The van der Waals surface area contributed by atoms with E-state index in [1.807, 2.05) is 50.2 Å². The van der Waals surface area contributed by atoms with Gasteiger partial charge < -0.3 is 14.2 Å². The van der Waals surface area contributed by atoms with Crippen molar-refractivity contribution >= 4 is 12.3 Å². The maximum atomic E-state index is 11.4. The lowest BCUT2D eigenvalue weighted by Crippen LogP contribution is -2.08. The van der Waals surface area contributed by atoms with Crippen LogP contribution in [-0.4, -0.2) is 32.1 Å². The number of hydrogen-bond acceptors (Lipinski definition) is 5. The van der Waals surface area contributed by atoms with Crippen molar-refractivity contribution in [2.45, 2.75) is 26.4 Å². The molecule has 5 nitrogen and oxygen atoms in total. The summed E-state index contributed by atoms with van der Waals surface area (Å²) in [7, 11) is 1.41. The number of benzene rings is 2. The molecule has 0 radical (unpaired) electrons. The van der Waals surface area contributed by atoms with Crippen molar-refractivity contribution in [3.8, 4) is 22.6 Å². The lowest BCUT2D eigenvalue weighted by molar-refractivity contribution is -0.142. The maximum absolute atomic E-state index is 11.4. The SMILES string of the molecule is COC(=O)[C@@H]1C[C@H]1COc1ccc(-c2cc(C=O)cc(OC(C)C)c2)cc1. The molecule has 0 amide bonds. The second-order valence-corrected chi connectivity index (χ2v) is 7.04. The fourth-order valence-electron chi connectivity index (χ4n) is 3.02. The number of ether oxygens (including phenoxy) is 3. The number of carbonyl (C=O) groups excluding carboxylic acids is 2. The Labute approximate surface area is 159 Å². The van der Waals surface area contributed by atoms with Crippen LogP contribution in [0.4, 0.5) is 0 Å². The highest BCUT2D eigenvalue weighted by molar-refractivity contribution is 5.80. The summed E-state index contributed by atoms with van der Waals surface area (Å²) in [5.74, 6) is 1.47. The Kier molecular flexibility index (Phi) is 5.79. The van der Waals surface area contributed by atoms with Crippen LogP contribution >= 0.6 is 0 Å². The Bertz CT molecular complexity index is 810. The van der Waals surface area contributed by atoms with Crippen LogP contribution in [0, 0.1) is 11.8 Å². The van der Waals surface area contributed by atoms with Gasteiger partial charge in [0.15, 0.2) is 0 Å². The summed E-state index contributed by atoms with van der Waals surface area (Å²) < 4.78 is 16.3. The van der Waals surface area contributed by atoms with E-state index in [4.69, 9.17) is 14.2 Å². The molecular weight excluding hydrogens is 344 g/mol. The maximum Gasteiger partial charge on any atom is 0.309 e. The summed E-state index contributed by atoms with van der Waals surface area (Å²) in [5.41, 5.74) is 2.46. The second kappa shape index (κ2) is 8.25. The summed E-state index contributed by atoms with van der Waals surface area (Å²) in [6.07, 6.45) is 1.68. The van der Waals surface area contributed by atoms with E-state index in [9.17, 15) is 9.59 Å². The zero-order valence-corrected chi connectivity index (χ0v) is 15.8. The quantitative estimate of drug-likeness (QED) is 0.518. The number of carbonyl (C=O) groups is 2. The van der Waals surface area contributed by atoms with Gasteiger partial charge in [0.25, 0.3) is 0 Å². The van der Waals surface area contributed by atoms with Crippen LogP contribution in [0.25, 0.3) is 11.1 Å². The molecule has 0 aliphatic heterocycles. The fourth-order valence-corrected chi connectivity index (χ4v) is 3.02. The molecule has 0 unspecified atom stereocenters. The van der Waals surface area contributed by atoms with E-state index in [2.05, 4.69) is 0 Å². The molecular formula is C22H24O5. The van der Waals surface area contributed by atoms with Gasteiger partial charge in [-0.15, -0.1) is 0 Å². The summed E-state index contributed by atoms with van der Waals surface area (Å²) in [5, 5.41) is 0. The molecule has 5 heteroatoms. The Morgan fingerprint density at radius 3 is 2.48 bits per heavy atom. The molecule has 3 rings (SSSR count). The minimum atomic E-state index is -0.159. The minimum Gasteiger partial charge on any atom is -0.493 e. The van der Waals surface area contributed by atoms with Crippen molar-refractivity contribution in [3.63, 3.8) is 0 Å². The molecule has 2 aromatic carbocycles. The predicted molar refractivity (Wildman–Crippen MR) is 102 cm³/mol. The predicted octanol–water partition coefficient (Wildman–Crippen LogP) is 4.14. The van der Waals surface area contributed by atoms with Gasteiger partial charge in [0.05, 0.1) is 25.7 Å². The van der Waals surface area contributed by atoms with E-state index in [0.29, 0.717) is 17.9 Å². The third-order valence-corrected chi connectivity index (χ3v) is 4.51. The molecule has 0 bridgehead atoms. The number of aldehydes is 1. The molecule has 0 N–H and O–H groups in total. The van der Waals surface area contributed by atoms with Crippen LogP contribution in [0.2, 0.25) is 0 Å². The largest absolute Gasteiger partial charge is 0.493 e. The molecule has 0 heterocycles. The van der Waals surface area contributed by atoms with Gasteiger partial charge in [0.1, 0.15) is 17.8 Å². The molecule has 0 aromatic heterocycles. The minimum absolute atomic E-state index is 0.0280. The van der Waals surface area contributed by atoms with Crippen LogP contribution in [0.15, 0.2) is 42.5 Å². The molecule has 1 saturated carbocycles. The molecule has 1 aliphatic carbocycles. The summed E-state index contributed by atoms with van der Waals surface area (Å²) in [6, 6.07) is 13.2. The number of hydrogen-bond donors (Lipinski definition) is 0. The van der Waals surface area contributed by atoms with Crippen molar-refractivity contribution < 1.29 is 23.8 Å². The van der Waals surface area contributed by atoms with Crippen LogP contribution < -0.4 is 9.47 Å². The van der Waals surface area contributed by atoms with Crippen LogP contribution in [0.1, 0.15) is 30.6 Å². The zero-order valence-electron chi connectivity index (χ0n) is 15.8. The first-order chi connectivity index (χ1) is 13.0. The highest BCUT2D eigenvalue weighted by Crippen LogP contribution is 2.39. The summed E-state index contributed by atoms with van der Waals surface area (Å²) in [4.78, 5) is 22.7. The zero-order chi connectivity index (χ0) is 19.4. The average molecular weight is 368 g/mol. The smallest absolute Gasteiger partial charge is 0.309 e. The highest BCUT2D eigenvalue weighted by Gasteiger charge is 2.44. The molecule has 142 valence electrons. The van der Waals surface area contributed by atoms with Gasteiger partial charge >= 0.3 is 5.97 Å². The first-order valence-electron chi connectivity index (χ1n) is 9.08. The van der Waals surface area contributed by atoms with Gasteiger partial charge in [-0.1, -0.05) is 12.1 Å². The van der Waals surface area contributed by atoms with E-state index in [1.54, 1.807) is 6.07 Å². The van der Waals surface area contributed by atoms with E-state index in [1.165, 1.54) is 7.11 Å². The van der Waals surface area contributed by atoms with Gasteiger partial charge in [-0.05, 0) is 61.7 Å². The lowest BCUT2D eigenvalue weighted by atomic mass is 10.0. The third kappa shape index (κ3) is 4.88. The molecule has 0 saturated heterocycles. The van der Waals surface area contributed by atoms with E-state index >= 15 is 0 Å². The Balaban J connectivity index is 1.66. The van der Waals surface area contributed by atoms with Gasteiger partial charge in [-0.3, -0.25) is 9.59 Å². The molecule has 0 spiro atoms. The Morgan fingerprint density at radius 1 is 1.11 bits per heavy atom. The number of methoxy groups -OCH3 is 1. The van der Waals surface area contributed by atoms with E-state index < -0.39 is 0 Å². The summed E-state index contributed by atoms with van der Waals surface area (Å²) >= 11 is 0. The first-order valence-corrected chi connectivity index (χ1v) is 9.08. The van der Waals surface area contributed by atoms with E-state index in [-0.39, 0.29) is 23.9 Å². The van der Waals surface area contributed by atoms with Crippen molar-refractivity contribution in [2.24, 2.45) is 11.8 Å². The Morgan fingerprint density at radius 2 is 1.85 bits per heavy atom. The topological polar surface area (TPSA) is 61.8 Å². The molecule has 2 atom stereocenters. The van der Waals surface area contributed by atoms with Gasteiger partial charge in [0, 0.05) is 11.5 Å². The van der Waals surface area contributed by atoms with Gasteiger partial charge in [-0.25, -0.2) is 0 Å². The lowest BCUT2D eigenvalue weighted by Gasteiger charge is -2.12. The van der Waals surface area contributed by atoms with Crippen LogP contribution in [-0.2, 0) is 9.53 Å². The van der Waals surface area contributed by atoms with Crippen molar-refractivity contribution in [1.82, 2.24) is 0 Å². The fraction of sp³-hybridized carbons (Fsp3) is 0.364. The normalized spacial score (nSPS) is 18.1. The molecule has 1 aliphatic rings. The monoisotopic (exact) mass is 368 g/mol. The summed E-state index contributed by atoms with van der Waals surface area (Å²) in [6.45, 7) is 4.40. The van der Waals surface area contributed by atoms with Gasteiger partial charge in [-0.2, -0.15) is 0 Å². The number of rotatable bonds is 8. The third-order valence-electron chi connectivity index (χ3n) is 4.51. The van der Waals surface area contributed by atoms with E-state index in [0.717, 1.165) is 29.6 Å². The second-order valence-electron chi connectivity index (χ2n) is 7.04. The molecule has 1 fully saturated rings. The van der Waals surface area contributed by atoms with Crippen molar-refractivity contribution in [2.75, 3.05) is 13.7 Å². The highest BCUT2D eigenvalue weighted by atomic mass is 16.5. The van der Waals surface area contributed by atoms with Gasteiger partial charge in [0.2, 0.25) is 0 Å². The Hall–Kier alpha value is -2.82. The molecule has 27 heavy (non-hydrogen) atoms. The van der Waals surface area contributed by atoms with Crippen molar-refractivity contribution in [1.29, 1.82) is 0 Å². The van der Waals surface area contributed by atoms with Crippen molar-refractivity contribution in [3.05, 3.63) is 48.0 Å².